The molecule has 0 amide bonds. The molecule has 0 aromatic heterocycles. The van der Waals surface area contributed by atoms with Crippen molar-refractivity contribution in [2.75, 3.05) is 18.6 Å². The first kappa shape index (κ1) is 12.1. The molecule has 3 rings (SSSR count). The summed E-state index contributed by atoms with van der Waals surface area (Å²) in [5, 5.41) is 0. The maximum absolute atomic E-state index is 5.29. The minimum absolute atomic E-state index is 0.933. The van der Waals surface area contributed by atoms with E-state index >= 15 is 0 Å². The molecule has 98 valence electrons. The van der Waals surface area contributed by atoms with Gasteiger partial charge in [-0.25, -0.2) is 0 Å². The second-order valence-corrected chi connectivity index (χ2v) is 5.01. The molecule has 0 bridgehead atoms. The van der Waals surface area contributed by atoms with E-state index in [4.69, 9.17) is 4.74 Å². The smallest absolute Gasteiger partial charge is 0.119 e. The second-order valence-electron chi connectivity index (χ2n) is 5.01. The Hall–Kier alpha value is -1.96. The van der Waals surface area contributed by atoms with Crippen molar-refractivity contribution in [3.8, 4) is 5.75 Å². The average Bonchev–Trinajstić information content (AvgIpc) is 2.48. The number of fused-ring (bicyclic) bond motifs is 1. The summed E-state index contributed by atoms with van der Waals surface area (Å²) in [4.78, 5) is 2.47. The first-order chi connectivity index (χ1) is 9.36. The van der Waals surface area contributed by atoms with Crippen LogP contribution < -0.4 is 9.64 Å². The number of ether oxygens (including phenoxy) is 1. The second kappa shape index (κ2) is 5.35. The molecular formula is C17H19NO. The molecular weight excluding hydrogens is 234 g/mol. The fourth-order valence-corrected chi connectivity index (χ4v) is 2.77. The van der Waals surface area contributed by atoms with Crippen molar-refractivity contribution in [1.29, 1.82) is 0 Å². The lowest BCUT2D eigenvalue weighted by molar-refractivity contribution is 0.414. The quantitative estimate of drug-likeness (QED) is 0.828. The number of hydrogen-bond donors (Lipinski definition) is 0. The third-order valence-electron chi connectivity index (χ3n) is 3.71. The summed E-state index contributed by atoms with van der Waals surface area (Å²) in [5.41, 5.74) is 4.16. The molecule has 0 spiro atoms. The molecule has 0 atom stereocenters. The van der Waals surface area contributed by atoms with Crippen LogP contribution in [0.4, 0.5) is 5.69 Å². The third-order valence-corrected chi connectivity index (χ3v) is 3.71. The molecule has 0 radical (unpaired) electrons. The molecule has 2 heteroatoms. The zero-order chi connectivity index (χ0) is 13.1. The summed E-state index contributed by atoms with van der Waals surface area (Å²) in [5.74, 6) is 0.933. The number of rotatable bonds is 3. The SMILES string of the molecule is COc1cccc(CN2CCCc3ccccc32)c1. The summed E-state index contributed by atoms with van der Waals surface area (Å²) in [6, 6.07) is 17.1. The molecule has 0 saturated carbocycles. The topological polar surface area (TPSA) is 12.5 Å². The van der Waals surface area contributed by atoms with Crippen molar-refractivity contribution in [1.82, 2.24) is 0 Å². The average molecular weight is 253 g/mol. The highest BCUT2D eigenvalue weighted by Gasteiger charge is 2.16. The summed E-state index contributed by atoms with van der Waals surface area (Å²) in [6.45, 7) is 2.09. The van der Waals surface area contributed by atoms with E-state index in [9.17, 15) is 0 Å². The van der Waals surface area contributed by atoms with E-state index in [1.165, 1.54) is 29.7 Å². The molecule has 0 saturated heterocycles. The van der Waals surface area contributed by atoms with E-state index in [1.807, 2.05) is 6.07 Å². The molecule has 2 aromatic carbocycles. The van der Waals surface area contributed by atoms with Crippen LogP contribution in [-0.2, 0) is 13.0 Å². The molecule has 19 heavy (non-hydrogen) atoms. The van der Waals surface area contributed by atoms with Crippen molar-refractivity contribution < 1.29 is 4.74 Å². The maximum Gasteiger partial charge on any atom is 0.119 e. The zero-order valence-electron chi connectivity index (χ0n) is 11.3. The lowest BCUT2D eigenvalue weighted by atomic mass is 10.0. The minimum Gasteiger partial charge on any atom is -0.497 e. The van der Waals surface area contributed by atoms with Gasteiger partial charge in [0, 0.05) is 18.8 Å². The van der Waals surface area contributed by atoms with Crippen LogP contribution in [0.1, 0.15) is 17.5 Å². The van der Waals surface area contributed by atoms with Gasteiger partial charge >= 0.3 is 0 Å². The van der Waals surface area contributed by atoms with E-state index in [0.29, 0.717) is 0 Å². The lowest BCUT2D eigenvalue weighted by Gasteiger charge is -2.31. The fourth-order valence-electron chi connectivity index (χ4n) is 2.77. The summed E-state index contributed by atoms with van der Waals surface area (Å²) < 4.78 is 5.29. The van der Waals surface area contributed by atoms with E-state index in [1.54, 1.807) is 7.11 Å². The first-order valence-corrected chi connectivity index (χ1v) is 6.82. The Morgan fingerprint density at radius 1 is 1.11 bits per heavy atom. The van der Waals surface area contributed by atoms with Gasteiger partial charge in [-0.2, -0.15) is 0 Å². The highest BCUT2D eigenvalue weighted by molar-refractivity contribution is 5.55. The normalized spacial score (nSPS) is 14.1. The Labute approximate surface area is 114 Å². The van der Waals surface area contributed by atoms with Gasteiger partial charge in [-0.15, -0.1) is 0 Å². The molecule has 1 heterocycles. The first-order valence-electron chi connectivity index (χ1n) is 6.82. The van der Waals surface area contributed by atoms with Gasteiger partial charge in [0.25, 0.3) is 0 Å². The van der Waals surface area contributed by atoms with E-state index < -0.39 is 0 Å². The van der Waals surface area contributed by atoms with E-state index in [2.05, 4.69) is 47.4 Å². The van der Waals surface area contributed by atoms with Gasteiger partial charge in [-0.3, -0.25) is 0 Å². The van der Waals surface area contributed by atoms with Crippen molar-refractivity contribution >= 4 is 5.69 Å². The number of para-hydroxylation sites is 1. The number of aryl methyl sites for hydroxylation is 1. The van der Waals surface area contributed by atoms with Gasteiger partial charge in [0.15, 0.2) is 0 Å². The molecule has 0 unspecified atom stereocenters. The van der Waals surface area contributed by atoms with Gasteiger partial charge in [-0.05, 0) is 42.2 Å². The van der Waals surface area contributed by atoms with Crippen LogP contribution in [0, 0.1) is 0 Å². The Balaban J connectivity index is 1.84. The van der Waals surface area contributed by atoms with Gasteiger partial charge < -0.3 is 9.64 Å². The van der Waals surface area contributed by atoms with Crippen molar-refractivity contribution in [3.63, 3.8) is 0 Å². The minimum atomic E-state index is 0.933. The van der Waals surface area contributed by atoms with Gasteiger partial charge in [-0.1, -0.05) is 30.3 Å². The van der Waals surface area contributed by atoms with Crippen molar-refractivity contribution in [2.24, 2.45) is 0 Å². The number of hydrogen-bond acceptors (Lipinski definition) is 2. The van der Waals surface area contributed by atoms with Gasteiger partial charge in [0.1, 0.15) is 5.75 Å². The Bertz CT molecular complexity index is 565. The Morgan fingerprint density at radius 2 is 2.00 bits per heavy atom. The Morgan fingerprint density at radius 3 is 2.89 bits per heavy atom. The summed E-state index contributed by atoms with van der Waals surface area (Å²) in [7, 11) is 1.72. The van der Waals surface area contributed by atoms with Crippen molar-refractivity contribution in [3.05, 3.63) is 59.7 Å². The van der Waals surface area contributed by atoms with Crippen LogP contribution in [0.15, 0.2) is 48.5 Å². The summed E-state index contributed by atoms with van der Waals surface area (Å²) >= 11 is 0. The predicted molar refractivity (Wildman–Crippen MR) is 78.8 cm³/mol. The lowest BCUT2D eigenvalue weighted by Crippen LogP contribution is -2.28. The molecule has 0 aliphatic carbocycles. The highest BCUT2D eigenvalue weighted by atomic mass is 16.5. The van der Waals surface area contributed by atoms with E-state index in [0.717, 1.165) is 18.8 Å². The van der Waals surface area contributed by atoms with Gasteiger partial charge in [0.2, 0.25) is 0 Å². The molecule has 1 aliphatic rings. The fraction of sp³-hybridized carbons (Fsp3) is 0.294. The predicted octanol–water partition coefficient (Wildman–Crippen LogP) is 3.65. The molecule has 0 N–H and O–H groups in total. The number of benzene rings is 2. The zero-order valence-corrected chi connectivity index (χ0v) is 11.3. The maximum atomic E-state index is 5.29. The molecule has 2 aromatic rings. The van der Waals surface area contributed by atoms with E-state index in [-0.39, 0.29) is 0 Å². The third kappa shape index (κ3) is 2.58. The molecule has 2 nitrogen and oxygen atoms in total. The number of nitrogens with zero attached hydrogens (tertiary/aromatic N) is 1. The number of methoxy groups -OCH3 is 1. The summed E-state index contributed by atoms with van der Waals surface area (Å²) in [6.07, 6.45) is 2.44. The molecule has 0 fully saturated rings. The van der Waals surface area contributed by atoms with Crippen LogP contribution in [0.2, 0.25) is 0 Å². The van der Waals surface area contributed by atoms with Crippen LogP contribution in [0.5, 0.6) is 5.75 Å². The standard InChI is InChI=1S/C17H19NO/c1-19-16-9-4-6-14(12-16)13-18-11-5-8-15-7-2-3-10-17(15)18/h2-4,6-7,9-10,12H,5,8,11,13H2,1H3. The van der Waals surface area contributed by atoms with Crippen LogP contribution in [-0.4, -0.2) is 13.7 Å². The number of anilines is 1. The van der Waals surface area contributed by atoms with Crippen LogP contribution in [0.3, 0.4) is 0 Å². The van der Waals surface area contributed by atoms with Crippen molar-refractivity contribution in [2.45, 2.75) is 19.4 Å². The monoisotopic (exact) mass is 253 g/mol. The van der Waals surface area contributed by atoms with Crippen LogP contribution in [0.25, 0.3) is 0 Å². The van der Waals surface area contributed by atoms with Crippen LogP contribution >= 0.6 is 0 Å². The largest absolute Gasteiger partial charge is 0.497 e. The van der Waals surface area contributed by atoms with Gasteiger partial charge in [0.05, 0.1) is 7.11 Å². The molecule has 1 aliphatic heterocycles. The highest BCUT2D eigenvalue weighted by Crippen LogP contribution is 2.28. The Kier molecular flexibility index (Phi) is 3.41.